The minimum Gasteiger partial charge on any atom is -0.444 e. The lowest BCUT2D eigenvalue weighted by Gasteiger charge is -2.23. The van der Waals surface area contributed by atoms with Gasteiger partial charge in [-0.25, -0.2) is 4.79 Å². The molecule has 27 heavy (non-hydrogen) atoms. The third kappa shape index (κ3) is 7.61. The number of amides is 2. The molecule has 1 unspecified atom stereocenters. The van der Waals surface area contributed by atoms with Crippen molar-refractivity contribution in [3.05, 3.63) is 63.6 Å². The van der Waals surface area contributed by atoms with Gasteiger partial charge in [0.2, 0.25) is 5.91 Å². The quantitative estimate of drug-likeness (QED) is 0.656. The van der Waals surface area contributed by atoms with Crippen LogP contribution in [0.15, 0.2) is 53.0 Å². The molecule has 0 aliphatic heterocycles. The molecule has 0 fully saturated rings. The number of carbonyl (C=O) groups excluding carboxylic acids is 2. The number of benzene rings is 2. The van der Waals surface area contributed by atoms with Gasteiger partial charge < -0.3 is 15.4 Å². The Bertz CT molecular complexity index is 786. The highest BCUT2D eigenvalue weighted by atomic mass is 79.9. The third-order valence-corrected chi connectivity index (χ3v) is 4.10. The summed E-state index contributed by atoms with van der Waals surface area (Å²) in [5.74, 6) is -0.362. The van der Waals surface area contributed by atoms with Gasteiger partial charge in [-0.2, -0.15) is 0 Å². The Morgan fingerprint density at radius 1 is 1.15 bits per heavy atom. The summed E-state index contributed by atoms with van der Waals surface area (Å²) >= 11 is 9.37. The number of alkyl carbamates (subject to hydrolysis) is 1. The number of nitrogens with one attached hydrogen (secondary N) is 2. The summed E-state index contributed by atoms with van der Waals surface area (Å²) in [6, 6.07) is 13.7. The monoisotopic (exact) mass is 452 g/mol. The molecule has 0 spiro atoms. The van der Waals surface area contributed by atoms with Crippen LogP contribution in [0.2, 0.25) is 5.02 Å². The van der Waals surface area contributed by atoms with Crippen molar-refractivity contribution in [3.63, 3.8) is 0 Å². The number of halogens is 2. The van der Waals surface area contributed by atoms with Gasteiger partial charge in [-0.3, -0.25) is 4.79 Å². The van der Waals surface area contributed by atoms with Crippen molar-refractivity contribution in [2.24, 2.45) is 0 Å². The van der Waals surface area contributed by atoms with E-state index in [2.05, 4.69) is 26.6 Å². The van der Waals surface area contributed by atoms with Crippen molar-refractivity contribution in [1.82, 2.24) is 5.32 Å². The molecule has 5 nitrogen and oxygen atoms in total. The zero-order valence-electron chi connectivity index (χ0n) is 15.4. The first kappa shape index (κ1) is 21.3. The molecule has 0 saturated carbocycles. The summed E-state index contributed by atoms with van der Waals surface area (Å²) in [7, 11) is 0. The fourth-order valence-corrected chi connectivity index (χ4v) is 3.22. The Hall–Kier alpha value is -2.05. The zero-order chi connectivity index (χ0) is 20.0. The number of ether oxygens (including phenoxy) is 1. The Balaban J connectivity index is 2.16. The summed E-state index contributed by atoms with van der Waals surface area (Å²) in [4.78, 5) is 25.0. The second kappa shape index (κ2) is 9.24. The van der Waals surface area contributed by atoms with E-state index in [9.17, 15) is 9.59 Å². The first-order valence-electron chi connectivity index (χ1n) is 8.43. The molecule has 0 aromatic heterocycles. The molecule has 0 aliphatic carbocycles. The van der Waals surface area contributed by atoms with Gasteiger partial charge in [-0.05, 0) is 44.5 Å². The molecule has 0 bridgehead atoms. The van der Waals surface area contributed by atoms with Crippen molar-refractivity contribution < 1.29 is 14.3 Å². The van der Waals surface area contributed by atoms with Gasteiger partial charge in [0.1, 0.15) is 11.6 Å². The zero-order valence-corrected chi connectivity index (χ0v) is 17.7. The van der Waals surface area contributed by atoms with Crippen LogP contribution in [0, 0.1) is 0 Å². The molecule has 0 heterocycles. The average Bonchev–Trinajstić information content (AvgIpc) is 2.52. The van der Waals surface area contributed by atoms with E-state index in [1.807, 2.05) is 30.3 Å². The summed E-state index contributed by atoms with van der Waals surface area (Å²) < 4.78 is 6.03. The van der Waals surface area contributed by atoms with Crippen LogP contribution in [-0.2, 0) is 16.0 Å². The van der Waals surface area contributed by atoms with Gasteiger partial charge in [0.05, 0.1) is 0 Å². The predicted octanol–water partition coefficient (Wildman–Crippen LogP) is 5.18. The number of carbonyl (C=O) groups is 2. The van der Waals surface area contributed by atoms with E-state index in [1.54, 1.807) is 39.0 Å². The maximum absolute atomic E-state index is 12.8. The van der Waals surface area contributed by atoms with E-state index in [1.165, 1.54) is 0 Å². The molecular weight excluding hydrogens is 432 g/mol. The minimum absolute atomic E-state index is 0.327. The standard InChI is InChI=1S/C20H22BrClN2O3/c1-20(2,3)27-19(26)24-17(9-13-7-5-4-6-8-13)18(25)23-16-11-14(21)10-15(22)12-16/h4-8,10-12,17H,9H2,1-3H3,(H,23,25)(H,24,26). The molecule has 0 radical (unpaired) electrons. The molecule has 0 saturated heterocycles. The van der Waals surface area contributed by atoms with Crippen molar-refractivity contribution >= 4 is 45.2 Å². The van der Waals surface area contributed by atoms with Crippen LogP contribution >= 0.6 is 27.5 Å². The Kier molecular flexibility index (Phi) is 7.27. The number of hydrogen-bond acceptors (Lipinski definition) is 3. The van der Waals surface area contributed by atoms with E-state index in [0.717, 1.165) is 10.0 Å². The Morgan fingerprint density at radius 3 is 2.41 bits per heavy atom. The SMILES string of the molecule is CC(C)(C)OC(=O)NC(Cc1ccccc1)C(=O)Nc1cc(Cl)cc(Br)c1. The fourth-order valence-electron chi connectivity index (χ4n) is 2.36. The second-order valence-corrected chi connectivity index (χ2v) is 8.39. The lowest BCUT2D eigenvalue weighted by atomic mass is 10.1. The molecule has 2 aromatic rings. The fraction of sp³-hybridized carbons (Fsp3) is 0.300. The van der Waals surface area contributed by atoms with E-state index in [4.69, 9.17) is 16.3 Å². The highest BCUT2D eigenvalue weighted by Crippen LogP contribution is 2.23. The molecule has 7 heteroatoms. The highest BCUT2D eigenvalue weighted by molar-refractivity contribution is 9.10. The molecular formula is C20H22BrClN2O3. The summed E-state index contributed by atoms with van der Waals surface area (Å²) in [6.07, 6.45) is -0.320. The van der Waals surface area contributed by atoms with Crippen LogP contribution in [0.3, 0.4) is 0 Å². The molecule has 2 N–H and O–H groups in total. The van der Waals surface area contributed by atoms with Crippen molar-refractivity contribution in [2.75, 3.05) is 5.32 Å². The largest absolute Gasteiger partial charge is 0.444 e. The average molecular weight is 454 g/mol. The van der Waals surface area contributed by atoms with Gasteiger partial charge in [0.15, 0.2) is 0 Å². The van der Waals surface area contributed by atoms with Crippen LogP contribution in [0.25, 0.3) is 0 Å². The summed E-state index contributed by atoms with van der Waals surface area (Å²) in [5, 5.41) is 5.93. The topological polar surface area (TPSA) is 67.4 Å². The normalized spacial score (nSPS) is 12.2. The van der Waals surface area contributed by atoms with Crippen LogP contribution in [0.5, 0.6) is 0 Å². The van der Waals surface area contributed by atoms with E-state index in [-0.39, 0.29) is 5.91 Å². The second-order valence-electron chi connectivity index (χ2n) is 7.04. The van der Waals surface area contributed by atoms with Gasteiger partial charge >= 0.3 is 6.09 Å². The molecule has 2 rings (SSSR count). The van der Waals surface area contributed by atoms with Crippen molar-refractivity contribution in [2.45, 2.75) is 38.8 Å². The lowest BCUT2D eigenvalue weighted by Crippen LogP contribution is -2.47. The maximum atomic E-state index is 12.8. The number of rotatable bonds is 5. The number of hydrogen-bond donors (Lipinski definition) is 2. The maximum Gasteiger partial charge on any atom is 0.408 e. The van der Waals surface area contributed by atoms with Gasteiger partial charge in [0, 0.05) is 21.6 Å². The lowest BCUT2D eigenvalue weighted by molar-refractivity contribution is -0.118. The number of anilines is 1. The van der Waals surface area contributed by atoms with E-state index < -0.39 is 17.7 Å². The highest BCUT2D eigenvalue weighted by Gasteiger charge is 2.25. The summed E-state index contributed by atoms with van der Waals surface area (Å²) in [6.45, 7) is 5.30. The summed E-state index contributed by atoms with van der Waals surface area (Å²) in [5.41, 5.74) is 0.791. The predicted molar refractivity (Wildman–Crippen MR) is 111 cm³/mol. The first-order valence-corrected chi connectivity index (χ1v) is 9.60. The molecule has 1 atom stereocenters. The van der Waals surface area contributed by atoms with Crippen molar-refractivity contribution in [3.8, 4) is 0 Å². The van der Waals surface area contributed by atoms with Crippen LogP contribution < -0.4 is 10.6 Å². The van der Waals surface area contributed by atoms with E-state index in [0.29, 0.717) is 17.1 Å². The first-order chi connectivity index (χ1) is 12.6. The van der Waals surface area contributed by atoms with Crippen LogP contribution in [0.1, 0.15) is 26.3 Å². The van der Waals surface area contributed by atoms with E-state index >= 15 is 0 Å². The van der Waals surface area contributed by atoms with Gasteiger partial charge in [0.25, 0.3) is 0 Å². The van der Waals surface area contributed by atoms with Crippen molar-refractivity contribution in [1.29, 1.82) is 0 Å². The van der Waals surface area contributed by atoms with Crippen LogP contribution in [0.4, 0.5) is 10.5 Å². The van der Waals surface area contributed by atoms with Crippen LogP contribution in [-0.4, -0.2) is 23.6 Å². The minimum atomic E-state index is -0.806. The third-order valence-electron chi connectivity index (χ3n) is 3.42. The van der Waals surface area contributed by atoms with Gasteiger partial charge in [-0.1, -0.05) is 57.9 Å². The molecule has 0 aliphatic rings. The molecule has 144 valence electrons. The Morgan fingerprint density at radius 2 is 1.81 bits per heavy atom. The molecule has 2 aromatic carbocycles. The Labute approximate surface area is 172 Å². The van der Waals surface area contributed by atoms with Gasteiger partial charge in [-0.15, -0.1) is 0 Å². The molecule has 2 amide bonds. The smallest absolute Gasteiger partial charge is 0.408 e.